The average molecular weight is 738 g/mol. The minimum Gasteiger partial charge on any atom is -0.493 e. The summed E-state index contributed by atoms with van der Waals surface area (Å²) in [6, 6.07) is 6.68. The number of ether oxygens (including phenoxy) is 3. The monoisotopic (exact) mass is 737 g/mol. The van der Waals surface area contributed by atoms with Crippen LogP contribution in [0, 0.1) is 17.8 Å². The minimum absolute atomic E-state index is 0.0141. The molecule has 0 bridgehead atoms. The summed E-state index contributed by atoms with van der Waals surface area (Å²) in [4.78, 5) is 55.2. The predicted octanol–water partition coefficient (Wildman–Crippen LogP) is 6.38. The quantitative estimate of drug-likeness (QED) is 0.140. The molecule has 0 radical (unpaired) electrons. The first-order chi connectivity index (χ1) is 24.5. The Balaban J connectivity index is 1.44. The number of sulfone groups is 1. The number of amides is 4. The van der Waals surface area contributed by atoms with Gasteiger partial charge in [0.1, 0.15) is 15.4 Å². The Labute approximate surface area is 307 Å². The van der Waals surface area contributed by atoms with Crippen molar-refractivity contribution in [1.29, 1.82) is 0 Å². The molecule has 0 aromatic heterocycles. The van der Waals surface area contributed by atoms with E-state index < -0.39 is 45.0 Å². The van der Waals surface area contributed by atoms with Crippen molar-refractivity contribution >= 4 is 39.3 Å². The minimum atomic E-state index is -3.69. The molecule has 1 N–H and O–H groups in total. The first-order valence-electron chi connectivity index (χ1n) is 17.8. The van der Waals surface area contributed by atoms with Crippen LogP contribution in [0.5, 0.6) is 11.5 Å². The topological polar surface area (TPSA) is 149 Å². The van der Waals surface area contributed by atoms with Gasteiger partial charge in [0, 0.05) is 38.3 Å². The number of carbonyl (C=O) groups excluding carboxylic acids is 4. The normalized spacial score (nSPS) is 15.4. The Morgan fingerprint density at radius 2 is 1.73 bits per heavy atom. The standard InChI is InChI=1S/C39H51N3O9S/c1-8-50-34-24-29(16-17-33(34)49-6)32(25-52(7,47)48)42-36(44)30-22-28(23-31(40-26(2)43)35(30)37(42)45)15-13-11-9-10-12-14-27-18-20-41(21-19-27)38(46)51-39(3,4)5/h16-17,22-24,27,32H,8-12,14,18-21,25H2,1-7H3,(H,40,43)/t32-/m1/s1. The molecule has 282 valence electrons. The lowest BCUT2D eigenvalue weighted by Gasteiger charge is -2.33. The first-order valence-corrected chi connectivity index (χ1v) is 19.9. The number of imide groups is 1. The van der Waals surface area contributed by atoms with Crippen molar-refractivity contribution in [3.63, 3.8) is 0 Å². The molecule has 1 saturated heterocycles. The second-order valence-electron chi connectivity index (χ2n) is 14.4. The summed E-state index contributed by atoms with van der Waals surface area (Å²) >= 11 is 0. The number of methoxy groups -OCH3 is 1. The number of anilines is 1. The summed E-state index contributed by atoms with van der Waals surface area (Å²) in [5, 5.41) is 2.66. The van der Waals surface area contributed by atoms with Crippen molar-refractivity contribution < 1.29 is 41.8 Å². The van der Waals surface area contributed by atoms with Crippen LogP contribution in [0.1, 0.15) is 117 Å². The molecule has 4 amide bonds. The Bertz CT molecular complexity index is 1830. The highest BCUT2D eigenvalue weighted by molar-refractivity contribution is 7.90. The van der Waals surface area contributed by atoms with Crippen molar-refractivity contribution in [2.24, 2.45) is 5.92 Å². The van der Waals surface area contributed by atoms with E-state index in [1.165, 1.54) is 20.1 Å². The van der Waals surface area contributed by atoms with Crippen LogP contribution < -0.4 is 14.8 Å². The average Bonchev–Trinajstić information content (AvgIpc) is 3.31. The number of rotatable bonds is 13. The lowest BCUT2D eigenvalue weighted by Crippen LogP contribution is -2.41. The summed E-state index contributed by atoms with van der Waals surface area (Å²) in [7, 11) is -2.22. The van der Waals surface area contributed by atoms with E-state index in [4.69, 9.17) is 14.2 Å². The van der Waals surface area contributed by atoms with Crippen LogP contribution in [0.4, 0.5) is 10.5 Å². The second kappa shape index (κ2) is 17.3. The molecule has 1 atom stereocenters. The highest BCUT2D eigenvalue weighted by Gasteiger charge is 2.44. The van der Waals surface area contributed by atoms with Gasteiger partial charge in [-0.25, -0.2) is 13.2 Å². The maximum atomic E-state index is 14.0. The maximum absolute atomic E-state index is 14.0. The Kier molecular flexibility index (Phi) is 13.4. The lowest BCUT2D eigenvalue weighted by molar-refractivity contribution is -0.114. The molecular weight excluding hydrogens is 687 g/mol. The van der Waals surface area contributed by atoms with E-state index in [1.807, 2.05) is 20.8 Å². The van der Waals surface area contributed by atoms with E-state index >= 15 is 0 Å². The third-order valence-corrected chi connectivity index (χ3v) is 9.81. The fourth-order valence-corrected chi connectivity index (χ4v) is 7.44. The number of piperidine rings is 1. The largest absolute Gasteiger partial charge is 0.493 e. The third-order valence-electron chi connectivity index (χ3n) is 8.89. The summed E-state index contributed by atoms with van der Waals surface area (Å²) in [5.41, 5.74) is 0.480. The van der Waals surface area contributed by atoms with E-state index in [0.29, 0.717) is 54.7 Å². The maximum Gasteiger partial charge on any atom is 0.410 e. The number of benzene rings is 2. The van der Waals surface area contributed by atoms with Gasteiger partial charge in [-0.15, -0.1) is 0 Å². The molecule has 52 heavy (non-hydrogen) atoms. The molecule has 2 aliphatic heterocycles. The zero-order chi connectivity index (χ0) is 38.2. The van der Waals surface area contributed by atoms with Gasteiger partial charge in [-0.05, 0) is 82.7 Å². The molecular formula is C39H51N3O9S. The van der Waals surface area contributed by atoms with Gasteiger partial charge in [-0.1, -0.05) is 37.2 Å². The molecule has 2 aliphatic rings. The number of nitrogens with zero attached hydrogens (tertiary/aromatic N) is 2. The van der Waals surface area contributed by atoms with Crippen LogP contribution in [0.15, 0.2) is 30.3 Å². The fourth-order valence-electron chi connectivity index (χ4n) is 6.52. The van der Waals surface area contributed by atoms with Gasteiger partial charge in [0.05, 0.1) is 42.3 Å². The van der Waals surface area contributed by atoms with Gasteiger partial charge in [0.2, 0.25) is 5.91 Å². The highest BCUT2D eigenvalue weighted by Crippen LogP contribution is 2.39. The molecule has 2 aromatic carbocycles. The predicted molar refractivity (Wildman–Crippen MR) is 198 cm³/mol. The van der Waals surface area contributed by atoms with Crippen LogP contribution in [0.3, 0.4) is 0 Å². The van der Waals surface area contributed by atoms with Gasteiger partial charge in [0.15, 0.2) is 11.5 Å². The number of fused-ring (bicyclic) bond motifs is 1. The van der Waals surface area contributed by atoms with Crippen molar-refractivity contribution in [2.45, 2.75) is 91.2 Å². The lowest BCUT2D eigenvalue weighted by atomic mass is 9.91. The van der Waals surface area contributed by atoms with E-state index in [2.05, 4.69) is 17.2 Å². The van der Waals surface area contributed by atoms with Gasteiger partial charge in [-0.2, -0.15) is 0 Å². The number of nitrogens with one attached hydrogen (secondary N) is 1. The van der Waals surface area contributed by atoms with Gasteiger partial charge >= 0.3 is 6.09 Å². The molecule has 2 aromatic rings. The fraction of sp³-hybridized carbons (Fsp3) is 0.538. The van der Waals surface area contributed by atoms with Crippen molar-refractivity contribution in [3.8, 4) is 23.3 Å². The number of hydrogen-bond donors (Lipinski definition) is 1. The molecule has 13 heteroatoms. The van der Waals surface area contributed by atoms with Gasteiger partial charge < -0.3 is 24.4 Å². The van der Waals surface area contributed by atoms with Crippen LogP contribution in [0.2, 0.25) is 0 Å². The van der Waals surface area contributed by atoms with Crippen LogP contribution in [-0.2, 0) is 19.4 Å². The van der Waals surface area contributed by atoms with Crippen LogP contribution in [-0.4, -0.2) is 86.4 Å². The Morgan fingerprint density at radius 3 is 2.35 bits per heavy atom. The van der Waals surface area contributed by atoms with Crippen LogP contribution in [0.25, 0.3) is 0 Å². The molecule has 2 heterocycles. The second-order valence-corrected chi connectivity index (χ2v) is 16.6. The zero-order valence-corrected chi connectivity index (χ0v) is 32.1. The highest BCUT2D eigenvalue weighted by atomic mass is 32.2. The van der Waals surface area contributed by atoms with Crippen LogP contribution >= 0.6 is 0 Å². The summed E-state index contributed by atoms with van der Waals surface area (Å²) < 4.78 is 41.8. The first kappa shape index (κ1) is 40.2. The smallest absolute Gasteiger partial charge is 0.410 e. The molecule has 12 nitrogen and oxygen atoms in total. The molecule has 4 rings (SSSR count). The SMILES string of the molecule is CCOc1cc([C@@H](CS(C)(=O)=O)N2C(=O)c3cc(C#CCCCCCC4CCN(C(=O)OC(C)(C)C)CC4)cc(NC(C)=O)c3C2=O)ccc1OC. The number of carbonyl (C=O) groups is 4. The van der Waals surface area contributed by atoms with Crippen molar-refractivity contribution in [1.82, 2.24) is 9.80 Å². The molecule has 0 aliphatic carbocycles. The number of unbranched alkanes of at least 4 members (excludes halogenated alkanes) is 3. The van der Waals surface area contributed by atoms with Crippen molar-refractivity contribution in [2.75, 3.05) is 44.1 Å². The molecule has 0 spiro atoms. The summed E-state index contributed by atoms with van der Waals surface area (Å²) in [6.45, 7) is 10.4. The zero-order valence-electron chi connectivity index (χ0n) is 31.3. The van der Waals surface area contributed by atoms with E-state index in [9.17, 15) is 27.6 Å². The van der Waals surface area contributed by atoms with E-state index in [-0.39, 0.29) is 22.9 Å². The van der Waals surface area contributed by atoms with E-state index in [0.717, 1.165) is 49.7 Å². The summed E-state index contributed by atoms with van der Waals surface area (Å²) in [5.74, 6) is 5.21. The van der Waals surface area contributed by atoms with Gasteiger partial charge in [0.25, 0.3) is 11.8 Å². The molecule has 0 unspecified atom stereocenters. The Morgan fingerprint density at radius 1 is 1.02 bits per heavy atom. The van der Waals surface area contributed by atoms with Gasteiger partial charge in [-0.3, -0.25) is 19.3 Å². The van der Waals surface area contributed by atoms with Crippen molar-refractivity contribution in [3.05, 3.63) is 52.6 Å². The third kappa shape index (κ3) is 10.7. The summed E-state index contributed by atoms with van der Waals surface area (Å²) in [6.07, 6.45) is 7.40. The number of hydrogen-bond acceptors (Lipinski definition) is 9. The molecule has 1 fully saturated rings. The van der Waals surface area contributed by atoms with E-state index in [1.54, 1.807) is 36.1 Å². The Hall–Kier alpha value is -4.57. The number of likely N-dealkylation sites (tertiary alicyclic amines) is 1. The molecule has 0 saturated carbocycles.